The van der Waals surface area contributed by atoms with Crippen LogP contribution in [-0.2, 0) is 19.1 Å². The second-order valence-corrected chi connectivity index (χ2v) is 12.4. The number of aliphatic hydroxyl groups excluding tert-OH is 1. The van der Waals surface area contributed by atoms with Crippen molar-refractivity contribution in [2.45, 2.75) is 85.4 Å². The predicted molar refractivity (Wildman–Crippen MR) is 118 cm³/mol. The number of carbonyl (C=O) groups is 3. The fourth-order valence-corrected chi connectivity index (χ4v) is 8.97. The van der Waals surface area contributed by atoms with E-state index < -0.39 is 45.5 Å². The van der Waals surface area contributed by atoms with E-state index in [0.717, 1.165) is 12.8 Å². The second-order valence-electron chi connectivity index (χ2n) is 12.4. The molecule has 0 saturated heterocycles. The molecule has 8 atom stereocenters. The molecule has 0 heterocycles. The zero-order valence-corrected chi connectivity index (χ0v) is 20.5. The van der Waals surface area contributed by atoms with Crippen molar-refractivity contribution in [3.8, 4) is 0 Å². The van der Waals surface area contributed by atoms with Crippen LogP contribution in [0.2, 0.25) is 0 Å². The van der Waals surface area contributed by atoms with E-state index in [1.54, 1.807) is 6.92 Å². The van der Waals surface area contributed by atoms with E-state index in [4.69, 9.17) is 4.74 Å². The van der Waals surface area contributed by atoms with Crippen LogP contribution >= 0.6 is 0 Å². The molecule has 0 aromatic heterocycles. The number of hydrogen-bond acceptors (Lipinski definition) is 6. The van der Waals surface area contributed by atoms with Crippen molar-refractivity contribution in [3.63, 3.8) is 0 Å². The summed E-state index contributed by atoms with van der Waals surface area (Å²) in [5.74, 6) is -2.08. The summed E-state index contributed by atoms with van der Waals surface area (Å²) in [5.41, 5.74) is -6.49. The maximum absolute atomic E-state index is 14.0. The summed E-state index contributed by atoms with van der Waals surface area (Å²) >= 11 is 0. The van der Waals surface area contributed by atoms with E-state index in [9.17, 15) is 24.6 Å². The van der Waals surface area contributed by atoms with Crippen molar-refractivity contribution in [3.05, 3.63) is 12.2 Å². The molecule has 0 radical (unpaired) electrons. The molecule has 32 heavy (non-hydrogen) atoms. The van der Waals surface area contributed by atoms with Crippen molar-refractivity contribution in [1.82, 2.24) is 0 Å². The molecule has 0 aromatic rings. The number of aliphatic hydroxyl groups is 2. The minimum Gasteiger partial charge on any atom is -0.468 e. The van der Waals surface area contributed by atoms with Gasteiger partial charge in [-0.1, -0.05) is 34.3 Å². The van der Waals surface area contributed by atoms with Crippen LogP contribution in [0.25, 0.3) is 0 Å². The number of ether oxygens (including phenoxy) is 1. The molecule has 4 saturated carbocycles. The number of carbonyl (C=O) groups excluding carboxylic acids is 3. The lowest BCUT2D eigenvalue weighted by molar-refractivity contribution is -0.232. The first-order valence-electron chi connectivity index (χ1n) is 11.8. The summed E-state index contributed by atoms with van der Waals surface area (Å²) in [4.78, 5) is 41.1. The number of hydrogen-bond donors (Lipinski definition) is 2. The molecule has 6 nitrogen and oxygen atoms in total. The molecule has 4 aliphatic carbocycles. The predicted octanol–water partition coefficient (Wildman–Crippen LogP) is 3.23. The van der Waals surface area contributed by atoms with Crippen molar-refractivity contribution < 1.29 is 29.3 Å². The summed E-state index contributed by atoms with van der Waals surface area (Å²) < 4.78 is 5.24. The molecule has 0 spiro atoms. The second kappa shape index (κ2) is 6.32. The number of methoxy groups -OCH3 is 1. The quantitative estimate of drug-likeness (QED) is 0.364. The van der Waals surface area contributed by atoms with Crippen LogP contribution in [0, 0.1) is 38.9 Å². The average molecular weight is 447 g/mol. The molecule has 0 aromatic carbocycles. The van der Waals surface area contributed by atoms with Gasteiger partial charge < -0.3 is 14.9 Å². The van der Waals surface area contributed by atoms with Crippen LogP contribution in [0.4, 0.5) is 0 Å². The fraction of sp³-hybridized carbons (Fsp3) is 0.808. The highest BCUT2D eigenvalue weighted by Crippen LogP contribution is 2.76. The number of ketones is 2. The number of fused-ring (bicyclic) bond motifs is 6. The first-order chi connectivity index (χ1) is 14.5. The molecule has 2 N–H and O–H groups in total. The van der Waals surface area contributed by atoms with E-state index in [2.05, 4.69) is 27.4 Å². The first kappa shape index (κ1) is 23.6. The van der Waals surface area contributed by atoms with Crippen LogP contribution < -0.4 is 0 Å². The zero-order chi connectivity index (χ0) is 24.3. The molecule has 2 bridgehead atoms. The van der Waals surface area contributed by atoms with E-state index in [-0.39, 0.29) is 28.2 Å². The highest BCUT2D eigenvalue weighted by molar-refractivity contribution is 6.26. The third-order valence-corrected chi connectivity index (χ3v) is 10.8. The van der Waals surface area contributed by atoms with E-state index in [1.807, 2.05) is 6.92 Å². The smallest absolute Gasteiger partial charge is 0.324 e. The molecule has 6 unspecified atom stereocenters. The Hall–Kier alpha value is -1.53. The van der Waals surface area contributed by atoms with Crippen molar-refractivity contribution in [2.24, 2.45) is 38.9 Å². The lowest BCUT2D eigenvalue weighted by Gasteiger charge is -2.72. The Morgan fingerprint density at radius 1 is 1.00 bits per heavy atom. The van der Waals surface area contributed by atoms with Crippen LogP contribution in [0.15, 0.2) is 12.2 Å². The summed E-state index contributed by atoms with van der Waals surface area (Å²) in [6.07, 6.45) is 2.67. The Labute approximate surface area is 190 Å². The third-order valence-electron chi connectivity index (χ3n) is 10.8. The molecular weight excluding hydrogens is 408 g/mol. The number of rotatable bonds is 1. The van der Waals surface area contributed by atoms with Crippen LogP contribution in [-0.4, -0.2) is 46.6 Å². The molecular formula is C26H38O6. The minimum atomic E-state index is -2.28. The van der Waals surface area contributed by atoms with Gasteiger partial charge in [-0.05, 0) is 79.6 Å². The van der Waals surface area contributed by atoms with Crippen molar-refractivity contribution in [1.29, 1.82) is 0 Å². The Kier molecular flexibility index (Phi) is 4.67. The Balaban J connectivity index is 2.02. The van der Waals surface area contributed by atoms with Gasteiger partial charge >= 0.3 is 5.97 Å². The van der Waals surface area contributed by atoms with Gasteiger partial charge in [-0.3, -0.25) is 14.4 Å². The first-order valence-corrected chi connectivity index (χ1v) is 11.8. The van der Waals surface area contributed by atoms with Gasteiger partial charge in [-0.25, -0.2) is 0 Å². The molecule has 4 aliphatic rings. The average Bonchev–Trinajstić information content (AvgIpc) is 2.71. The minimum absolute atomic E-state index is 0.154. The zero-order valence-electron chi connectivity index (χ0n) is 20.5. The molecule has 178 valence electrons. The Bertz CT molecular complexity index is 923. The van der Waals surface area contributed by atoms with Gasteiger partial charge in [0.25, 0.3) is 0 Å². The van der Waals surface area contributed by atoms with Gasteiger partial charge in [0.2, 0.25) is 0 Å². The fourth-order valence-electron chi connectivity index (χ4n) is 8.97. The van der Waals surface area contributed by atoms with E-state index in [1.165, 1.54) is 14.0 Å². The van der Waals surface area contributed by atoms with Gasteiger partial charge in [0.05, 0.1) is 18.6 Å². The van der Waals surface area contributed by atoms with Gasteiger partial charge in [-0.2, -0.15) is 0 Å². The lowest BCUT2D eigenvalue weighted by atomic mass is 9.30. The molecule has 0 aliphatic heterocycles. The molecule has 4 fully saturated rings. The molecule has 6 heteroatoms. The molecule has 4 rings (SSSR count). The summed E-state index contributed by atoms with van der Waals surface area (Å²) in [5, 5.41) is 22.0. The summed E-state index contributed by atoms with van der Waals surface area (Å²) in [7, 11) is 1.25. The van der Waals surface area contributed by atoms with Gasteiger partial charge in [0, 0.05) is 0 Å². The van der Waals surface area contributed by atoms with Gasteiger partial charge in [-0.15, -0.1) is 0 Å². The SMILES string of the molecule is C=C1C2(C)CC3C4(C)CCC(O)C(C)(C)[C@H]4CC[C@]3(C)C1(C(=O)OC)C(=O)C(C)(O)C2=O. The number of esters is 1. The summed E-state index contributed by atoms with van der Waals surface area (Å²) in [6, 6.07) is 0. The van der Waals surface area contributed by atoms with Crippen LogP contribution in [0.3, 0.4) is 0 Å². The van der Waals surface area contributed by atoms with Gasteiger partial charge in [0.1, 0.15) is 0 Å². The third kappa shape index (κ3) is 2.22. The van der Waals surface area contributed by atoms with Crippen LogP contribution in [0.5, 0.6) is 0 Å². The maximum atomic E-state index is 14.0. The van der Waals surface area contributed by atoms with Crippen LogP contribution in [0.1, 0.15) is 73.6 Å². The normalized spacial score (nSPS) is 52.2. The van der Waals surface area contributed by atoms with E-state index in [0.29, 0.717) is 19.3 Å². The molecule has 0 amide bonds. The van der Waals surface area contributed by atoms with E-state index >= 15 is 0 Å². The highest BCUT2D eigenvalue weighted by atomic mass is 16.5. The van der Waals surface area contributed by atoms with Crippen molar-refractivity contribution >= 4 is 17.5 Å². The standard InChI is InChI=1S/C26H38O6/c1-14-23(5)13-16-22(4)11-10-17(27)21(2,3)15(22)9-12-24(16,6)26(14,20(30)32-8)19(29)25(7,31)18(23)28/h15-17,27,31H,1,9-13H2,2-8H3/t15-,16?,17?,22?,23?,24+,25?,26?/m1/s1. The Morgan fingerprint density at radius 2 is 1.59 bits per heavy atom. The highest BCUT2D eigenvalue weighted by Gasteiger charge is 2.81. The summed E-state index contributed by atoms with van der Waals surface area (Å²) in [6.45, 7) is 15.5. The van der Waals surface area contributed by atoms with Gasteiger partial charge in [0.15, 0.2) is 22.6 Å². The van der Waals surface area contributed by atoms with Crippen molar-refractivity contribution in [2.75, 3.05) is 7.11 Å². The Morgan fingerprint density at radius 3 is 2.16 bits per heavy atom. The largest absolute Gasteiger partial charge is 0.468 e. The monoisotopic (exact) mass is 446 g/mol. The number of Topliss-reactive ketones (excluding diaryl/α,β-unsaturated/α-hetero) is 2. The topological polar surface area (TPSA) is 101 Å². The maximum Gasteiger partial charge on any atom is 0.324 e. The lowest BCUT2D eigenvalue weighted by Crippen LogP contribution is -2.77.